The Kier molecular flexibility index (Phi) is 3.24. The maximum absolute atomic E-state index is 11.3. The maximum atomic E-state index is 11.3. The van der Waals surface area contributed by atoms with Crippen molar-refractivity contribution < 1.29 is 19.8 Å². The Morgan fingerprint density at radius 1 is 1.36 bits per heavy atom. The van der Waals surface area contributed by atoms with Gasteiger partial charge in [0.25, 0.3) is 0 Å². The largest absolute Gasteiger partial charge is 0.478 e. The number of carbonyl (C=O) groups excluding carboxylic acids is 1. The molecule has 0 spiro atoms. The summed E-state index contributed by atoms with van der Waals surface area (Å²) in [5.41, 5.74) is 0. The van der Waals surface area contributed by atoms with Crippen LogP contribution in [0.4, 0.5) is 0 Å². The molecule has 1 aliphatic rings. The molecule has 1 amide bonds. The quantitative estimate of drug-likeness (QED) is 0.586. The van der Waals surface area contributed by atoms with Crippen LogP contribution < -0.4 is 0 Å². The molecule has 14 heavy (non-hydrogen) atoms. The van der Waals surface area contributed by atoms with E-state index in [0.29, 0.717) is 6.54 Å². The Balaban J connectivity index is 2.51. The van der Waals surface area contributed by atoms with Gasteiger partial charge < -0.3 is 15.1 Å². The van der Waals surface area contributed by atoms with Gasteiger partial charge in [0.05, 0.1) is 6.10 Å². The lowest BCUT2D eigenvalue weighted by molar-refractivity contribution is -0.132. The van der Waals surface area contributed by atoms with Gasteiger partial charge in [-0.3, -0.25) is 4.79 Å². The monoisotopic (exact) mass is 199 g/mol. The van der Waals surface area contributed by atoms with Crippen LogP contribution >= 0.6 is 0 Å². The second-order valence-corrected chi connectivity index (χ2v) is 3.46. The average molecular weight is 199 g/mol. The molecule has 1 saturated heterocycles. The first-order valence-corrected chi connectivity index (χ1v) is 4.38. The van der Waals surface area contributed by atoms with E-state index in [1.165, 1.54) is 4.90 Å². The van der Waals surface area contributed by atoms with Crippen LogP contribution in [0.2, 0.25) is 0 Å². The van der Waals surface area contributed by atoms with Gasteiger partial charge >= 0.3 is 5.97 Å². The van der Waals surface area contributed by atoms with Crippen molar-refractivity contribution >= 4 is 11.9 Å². The minimum absolute atomic E-state index is 0.0529. The third-order valence-electron chi connectivity index (χ3n) is 2.25. The van der Waals surface area contributed by atoms with E-state index >= 15 is 0 Å². The Morgan fingerprint density at radius 3 is 2.43 bits per heavy atom. The lowest BCUT2D eigenvalue weighted by Gasteiger charge is -2.12. The number of carboxylic acid groups (broad SMARTS) is 1. The summed E-state index contributed by atoms with van der Waals surface area (Å²) in [4.78, 5) is 22.9. The first kappa shape index (κ1) is 10.7. The summed E-state index contributed by atoms with van der Waals surface area (Å²) in [6.07, 6.45) is 1.31. The molecule has 5 heteroatoms. The molecule has 0 radical (unpaired) electrons. The van der Waals surface area contributed by atoms with Crippen molar-refractivity contribution in [1.29, 1.82) is 0 Å². The van der Waals surface area contributed by atoms with Crippen molar-refractivity contribution in [1.82, 2.24) is 4.90 Å². The van der Waals surface area contributed by atoms with E-state index < -0.39 is 12.1 Å². The maximum Gasteiger partial charge on any atom is 0.328 e. The van der Waals surface area contributed by atoms with Gasteiger partial charge in [0.15, 0.2) is 0 Å². The van der Waals surface area contributed by atoms with Crippen molar-refractivity contribution in [3.63, 3.8) is 0 Å². The first-order valence-electron chi connectivity index (χ1n) is 4.38. The number of carbonyl (C=O) groups is 2. The predicted molar refractivity (Wildman–Crippen MR) is 48.5 cm³/mol. The summed E-state index contributed by atoms with van der Waals surface area (Å²) in [7, 11) is 0. The lowest BCUT2D eigenvalue weighted by Crippen LogP contribution is -2.27. The zero-order valence-electron chi connectivity index (χ0n) is 7.88. The van der Waals surface area contributed by atoms with Crippen LogP contribution in [0.5, 0.6) is 0 Å². The standard InChI is InChI=1S/C9H13NO4/c1-6-4-10(5-7(6)11)8(12)2-3-9(13)14/h2-3,6-7,11H,4-5H2,1H3,(H,13,14)/b3-2+. The minimum Gasteiger partial charge on any atom is -0.478 e. The summed E-state index contributed by atoms with van der Waals surface area (Å²) in [6, 6.07) is 0. The normalized spacial score (nSPS) is 27.1. The number of aliphatic hydroxyl groups is 1. The number of aliphatic hydroxyl groups excluding tert-OH is 1. The molecule has 2 N–H and O–H groups in total. The van der Waals surface area contributed by atoms with Crippen molar-refractivity contribution in [3.8, 4) is 0 Å². The molecule has 0 aliphatic carbocycles. The molecule has 2 unspecified atom stereocenters. The highest BCUT2D eigenvalue weighted by Crippen LogP contribution is 2.16. The number of aliphatic carboxylic acids is 1. The molecule has 1 rings (SSSR count). The van der Waals surface area contributed by atoms with Gasteiger partial charge in [0, 0.05) is 31.2 Å². The van der Waals surface area contributed by atoms with Crippen LogP contribution in [0.3, 0.4) is 0 Å². The third-order valence-corrected chi connectivity index (χ3v) is 2.25. The first-order chi connectivity index (χ1) is 6.50. The highest BCUT2D eigenvalue weighted by Gasteiger charge is 2.29. The molecule has 78 valence electrons. The van der Waals surface area contributed by atoms with Crippen molar-refractivity contribution in [2.45, 2.75) is 13.0 Å². The van der Waals surface area contributed by atoms with E-state index in [9.17, 15) is 14.7 Å². The molecule has 1 fully saturated rings. The summed E-state index contributed by atoms with van der Waals surface area (Å²) in [5.74, 6) is -1.46. The smallest absolute Gasteiger partial charge is 0.328 e. The number of nitrogens with zero attached hydrogens (tertiary/aromatic N) is 1. The van der Waals surface area contributed by atoms with E-state index in [4.69, 9.17) is 5.11 Å². The summed E-state index contributed by atoms with van der Waals surface area (Å²) < 4.78 is 0. The molecule has 0 bridgehead atoms. The Morgan fingerprint density at radius 2 is 2.00 bits per heavy atom. The van der Waals surface area contributed by atoms with Gasteiger partial charge in [-0.05, 0) is 0 Å². The zero-order valence-corrected chi connectivity index (χ0v) is 7.88. The molecule has 1 aliphatic heterocycles. The number of β-amino-alcohol motifs (C(OH)–C–C–N with tert-alkyl or cyclic N) is 1. The molecular formula is C9H13NO4. The number of hydrogen-bond acceptors (Lipinski definition) is 3. The number of likely N-dealkylation sites (tertiary alicyclic amines) is 1. The van der Waals surface area contributed by atoms with Gasteiger partial charge in [-0.25, -0.2) is 4.79 Å². The van der Waals surface area contributed by atoms with Crippen LogP contribution in [0.15, 0.2) is 12.2 Å². The molecule has 5 nitrogen and oxygen atoms in total. The van der Waals surface area contributed by atoms with E-state index in [1.54, 1.807) is 0 Å². The minimum atomic E-state index is -1.15. The van der Waals surface area contributed by atoms with Crippen LogP contribution in [-0.4, -0.2) is 46.2 Å². The van der Waals surface area contributed by atoms with Crippen LogP contribution in [-0.2, 0) is 9.59 Å². The topological polar surface area (TPSA) is 77.8 Å². The van der Waals surface area contributed by atoms with Crippen LogP contribution in [0.25, 0.3) is 0 Å². The molecule has 0 aromatic heterocycles. The van der Waals surface area contributed by atoms with Crippen molar-refractivity contribution in [2.24, 2.45) is 5.92 Å². The van der Waals surface area contributed by atoms with Crippen molar-refractivity contribution in [2.75, 3.05) is 13.1 Å². The lowest BCUT2D eigenvalue weighted by atomic mass is 10.1. The Labute approximate surface area is 81.6 Å². The molecule has 2 atom stereocenters. The van der Waals surface area contributed by atoms with E-state index in [-0.39, 0.29) is 18.4 Å². The highest BCUT2D eigenvalue weighted by molar-refractivity contribution is 5.94. The van der Waals surface area contributed by atoms with E-state index in [0.717, 1.165) is 12.2 Å². The SMILES string of the molecule is CC1CN(C(=O)/C=C/C(=O)O)CC1O. The Hall–Kier alpha value is -1.36. The fraction of sp³-hybridized carbons (Fsp3) is 0.556. The number of hydrogen-bond donors (Lipinski definition) is 2. The average Bonchev–Trinajstić information content (AvgIpc) is 2.43. The van der Waals surface area contributed by atoms with Crippen LogP contribution in [0, 0.1) is 5.92 Å². The van der Waals surface area contributed by atoms with Gasteiger partial charge in [0.2, 0.25) is 5.91 Å². The summed E-state index contributed by atoms with van der Waals surface area (Å²) in [5, 5.41) is 17.7. The number of rotatable bonds is 2. The highest BCUT2D eigenvalue weighted by atomic mass is 16.4. The fourth-order valence-electron chi connectivity index (χ4n) is 1.38. The second kappa shape index (κ2) is 4.23. The van der Waals surface area contributed by atoms with Gasteiger partial charge in [0.1, 0.15) is 0 Å². The molecule has 0 aromatic carbocycles. The van der Waals surface area contributed by atoms with E-state index in [1.807, 2.05) is 6.92 Å². The summed E-state index contributed by atoms with van der Waals surface area (Å²) >= 11 is 0. The van der Waals surface area contributed by atoms with Crippen molar-refractivity contribution in [3.05, 3.63) is 12.2 Å². The van der Waals surface area contributed by atoms with Gasteiger partial charge in [-0.1, -0.05) is 6.92 Å². The second-order valence-electron chi connectivity index (χ2n) is 3.46. The molecule has 1 heterocycles. The third kappa shape index (κ3) is 2.56. The van der Waals surface area contributed by atoms with Crippen LogP contribution in [0.1, 0.15) is 6.92 Å². The predicted octanol–water partition coefficient (Wildman–Crippen LogP) is -0.534. The number of carboxylic acids is 1. The number of amides is 1. The molecular weight excluding hydrogens is 186 g/mol. The molecule has 0 aromatic rings. The van der Waals surface area contributed by atoms with Gasteiger partial charge in [-0.15, -0.1) is 0 Å². The van der Waals surface area contributed by atoms with E-state index in [2.05, 4.69) is 0 Å². The van der Waals surface area contributed by atoms with Gasteiger partial charge in [-0.2, -0.15) is 0 Å². The zero-order chi connectivity index (χ0) is 10.7. The summed E-state index contributed by atoms with van der Waals surface area (Å²) in [6.45, 7) is 2.60. The molecule has 0 saturated carbocycles. The Bertz CT molecular complexity index is 264. The fourth-order valence-corrected chi connectivity index (χ4v) is 1.38.